The van der Waals surface area contributed by atoms with Crippen LogP contribution in [0.25, 0.3) is 93.5 Å². The van der Waals surface area contributed by atoms with Gasteiger partial charge in [-0.1, -0.05) is 109 Å². The minimum Gasteiger partial charge on any atom is -0.310 e. The predicted octanol–water partition coefficient (Wildman–Crippen LogP) is 16.7. The fraction of sp³-hybridized carbons (Fsp3) is 0. The lowest BCUT2D eigenvalue weighted by atomic mass is 10.0. The lowest BCUT2D eigenvalue weighted by molar-refractivity contribution is 1.29. The first kappa shape index (κ1) is 32.0. The molecule has 0 aliphatic carbocycles. The van der Waals surface area contributed by atoms with Gasteiger partial charge in [-0.15, -0.1) is 34.0 Å². The largest absolute Gasteiger partial charge is 0.310 e. The average Bonchev–Trinajstić information content (AvgIpc) is 3.94. The molecule has 0 atom stereocenters. The highest BCUT2D eigenvalue weighted by Crippen LogP contribution is 2.46. The fourth-order valence-corrected chi connectivity index (χ4v) is 11.9. The topological polar surface area (TPSA) is 3.24 Å². The third kappa shape index (κ3) is 5.11. The summed E-state index contributed by atoms with van der Waals surface area (Å²) in [6.07, 6.45) is 0. The van der Waals surface area contributed by atoms with Crippen molar-refractivity contribution in [2.24, 2.45) is 0 Å². The Bertz CT molecular complexity index is 3490. The molecule has 56 heavy (non-hydrogen) atoms. The molecule has 0 aliphatic rings. The summed E-state index contributed by atoms with van der Waals surface area (Å²) in [4.78, 5) is 2.39. The van der Waals surface area contributed by atoms with Crippen molar-refractivity contribution in [2.75, 3.05) is 4.90 Å². The van der Waals surface area contributed by atoms with E-state index in [2.05, 4.69) is 193 Å². The summed E-state index contributed by atoms with van der Waals surface area (Å²) in [5, 5.41) is 10.6. The van der Waals surface area contributed by atoms with Crippen LogP contribution < -0.4 is 4.90 Å². The number of hydrogen-bond donors (Lipinski definition) is 0. The number of rotatable bonds is 5. The molecule has 12 aromatic rings. The normalized spacial score (nSPS) is 11.9. The van der Waals surface area contributed by atoms with Gasteiger partial charge in [0.25, 0.3) is 0 Å². The quantitative estimate of drug-likeness (QED) is 0.169. The molecule has 0 fully saturated rings. The van der Waals surface area contributed by atoms with Crippen molar-refractivity contribution in [1.29, 1.82) is 0 Å². The van der Waals surface area contributed by atoms with Gasteiger partial charge >= 0.3 is 0 Å². The molecule has 0 N–H and O–H groups in total. The summed E-state index contributed by atoms with van der Waals surface area (Å²) in [7, 11) is 0. The molecule has 262 valence electrons. The molecule has 3 aromatic heterocycles. The van der Waals surface area contributed by atoms with Crippen molar-refractivity contribution in [3.05, 3.63) is 188 Å². The van der Waals surface area contributed by atoms with Crippen LogP contribution in [0.2, 0.25) is 0 Å². The van der Waals surface area contributed by atoms with Crippen molar-refractivity contribution in [3.8, 4) is 22.3 Å². The lowest BCUT2D eigenvalue weighted by Gasteiger charge is -2.26. The molecule has 4 heteroatoms. The Kier molecular flexibility index (Phi) is 7.21. The van der Waals surface area contributed by atoms with Crippen molar-refractivity contribution >= 4 is 122 Å². The van der Waals surface area contributed by atoms with Crippen LogP contribution in [0.4, 0.5) is 17.1 Å². The zero-order valence-electron chi connectivity index (χ0n) is 30.1. The lowest BCUT2D eigenvalue weighted by Crippen LogP contribution is -2.10. The summed E-state index contributed by atoms with van der Waals surface area (Å²) >= 11 is 5.65. The minimum atomic E-state index is 1.12. The van der Waals surface area contributed by atoms with Gasteiger partial charge in [-0.25, -0.2) is 0 Å². The summed E-state index contributed by atoms with van der Waals surface area (Å²) < 4.78 is 8.03. The van der Waals surface area contributed by atoms with Crippen LogP contribution in [0.3, 0.4) is 0 Å². The van der Waals surface area contributed by atoms with E-state index in [1.54, 1.807) is 0 Å². The number of hydrogen-bond acceptors (Lipinski definition) is 4. The van der Waals surface area contributed by atoms with Crippen molar-refractivity contribution < 1.29 is 0 Å². The van der Waals surface area contributed by atoms with Gasteiger partial charge in [-0.2, -0.15) is 0 Å². The molecule has 0 bridgehead atoms. The highest BCUT2D eigenvalue weighted by atomic mass is 32.1. The smallest absolute Gasteiger partial charge is 0.0468 e. The van der Waals surface area contributed by atoms with Crippen molar-refractivity contribution in [3.63, 3.8) is 0 Å². The summed E-state index contributed by atoms with van der Waals surface area (Å²) in [6, 6.07) is 69.6. The standard InChI is InChI=1S/C52H31NS3/c1-2-9-34-28-40(23-18-32(34)8-1)53(38-21-16-33(17-22-38)36-20-25-47-44(30-36)41-12-3-5-14-45(41)54-47)39-11-7-10-35(29-39)37-19-24-43-50(31-37)56-49-27-26-48-51(52(43)49)42-13-4-6-15-46(42)55-48/h1-31H. The first-order valence-electron chi connectivity index (χ1n) is 18.9. The molecule has 0 spiro atoms. The van der Waals surface area contributed by atoms with E-state index >= 15 is 0 Å². The van der Waals surface area contributed by atoms with E-state index in [0.29, 0.717) is 0 Å². The minimum absolute atomic E-state index is 1.12. The van der Waals surface area contributed by atoms with Crippen LogP contribution in [0.5, 0.6) is 0 Å². The number of benzene rings is 9. The van der Waals surface area contributed by atoms with Gasteiger partial charge in [-0.3, -0.25) is 0 Å². The number of anilines is 3. The Balaban J connectivity index is 0.964. The highest BCUT2D eigenvalue weighted by Gasteiger charge is 2.17. The van der Waals surface area contributed by atoms with E-state index in [4.69, 9.17) is 0 Å². The van der Waals surface area contributed by atoms with Crippen LogP contribution in [0, 0.1) is 0 Å². The molecular weight excluding hydrogens is 735 g/mol. The highest BCUT2D eigenvalue weighted by molar-refractivity contribution is 7.28. The molecule has 1 nitrogen and oxygen atoms in total. The maximum Gasteiger partial charge on any atom is 0.0468 e. The Morgan fingerprint density at radius 3 is 1.66 bits per heavy atom. The monoisotopic (exact) mass is 765 g/mol. The van der Waals surface area contributed by atoms with Gasteiger partial charge in [0, 0.05) is 77.6 Å². The molecule has 3 heterocycles. The molecule has 0 aliphatic heterocycles. The van der Waals surface area contributed by atoms with E-state index in [9.17, 15) is 0 Å². The summed E-state index contributed by atoms with van der Waals surface area (Å²) in [5.41, 5.74) is 8.24. The van der Waals surface area contributed by atoms with Crippen molar-refractivity contribution in [1.82, 2.24) is 0 Å². The van der Waals surface area contributed by atoms with Crippen LogP contribution in [-0.4, -0.2) is 0 Å². The number of nitrogens with zero attached hydrogens (tertiary/aromatic N) is 1. The van der Waals surface area contributed by atoms with Crippen molar-refractivity contribution in [2.45, 2.75) is 0 Å². The fourth-order valence-electron chi connectivity index (χ4n) is 8.56. The molecular formula is C52H31NS3. The molecule has 0 saturated heterocycles. The first-order valence-corrected chi connectivity index (χ1v) is 21.3. The van der Waals surface area contributed by atoms with Crippen LogP contribution >= 0.6 is 34.0 Å². The summed E-state index contributed by atoms with van der Waals surface area (Å²) in [5.74, 6) is 0. The number of fused-ring (bicyclic) bond motifs is 11. The summed E-state index contributed by atoms with van der Waals surface area (Å²) in [6.45, 7) is 0. The van der Waals surface area contributed by atoms with Gasteiger partial charge in [0.15, 0.2) is 0 Å². The van der Waals surface area contributed by atoms with E-state index < -0.39 is 0 Å². The van der Waals surface area contributed by atoms with E-state index in [1.807, 2.05) is 34.0 Å². The second-order valence-electron chi connectivity index (χ2n) is 14.5. The van der Waals surface area contributed by atoms with Gasteiger partial charge < -0.3 is 4.90 Å². The van der Waals surface area contributed by atoms with Gasteiger partial charge in [0.05, 0.1) is 0 Å². The Hall–Kier alpha value is -6.30. The maximum absolute atomic E-state index is 2.39. The third-order valence-corrected chi connectivity index (χ3v) is 14.6. The molecule has 0 unspecified atom stereocenters. The Labute approximate surface area is 335 Å². The van der Waals surface area contributed by atoms with Gasteiger partial charge in [0.2, 0.25) is 0 Å². The third-order valence-electron chi connectivity index (χ3n) is 11.2. The average molecular weight is 766 g/mol. The van der Waals surface area contributed by atoms with E-state index in [-0.39, 0.29) is 0 Å². The zero-order chi connectivity index (χ0) is 36.7. The van der Waals surface area contributed by atoms with E-state index in [0.717, 1.165) is 17.1 Å². The van der Waals surface area contributed by atoms with E-state index in [1.165, 1.54) is 93.5 Å². The molecule has 0 radical (unpaired) electrons. The Morgan fingerprint density at radius 2 is 0.821 bits per heavy atom. The van der Waals surface area contributed by atoms with Crippen LogP contribution in [0.1, 0.15) is 0 Å². The zero-order valence-corrected chi connectivity index (χ0v) is 32.5. The van der Waals surface area contributed by atoms with Gasteiger partial charge in [-0.05, 0) is 112 Å². The first-order chi connectivity index (χ1) is 27.7. The van der Waals surface area contributed by atoms with Crippen LogP contribution in [0.15, 0.2) is 188 Å². The SMILES string of the molecule is c1cc(-c2ccc3c(c2)sc2ccc4sc5ccccc5c4c23)cc(N(c2ccc(-c3ccc4sc5ccccc5c4c3)cc2)c2ccc3ccccc3c2)c1. The Morgan fingerprint density at radius 1 is 0.268 bits per heavy atom. The van der Waals surface area contributed by atoms with Gasteiger partial charge in [0.1, 0.15) is 0 Å². The predicted molar refractivity (Wildman–Crippen MR) is 248 cm³/mol. The maximum atomic E-state index is 2.39. The molecule has 0 amide bonds. The second kappa shape index (κ2) is 12.6. The molecule has 0 saturated carbocycles. The van der Waals surface area contributed by atoms with Crippen LogP contribution in [-0.2, 0) is 0 Å². The number of thiophene rings is 3. The molecule has 12 rings (SSSR count). The second-order valence-corrected chi connectivity index (χ2v) is 17.7. The molecule has 9 aromatic carbocycles.